The van der Waals surface area contributed by atoms with Gasteiger partial charge in [-0.3, -0.25) is 19.2 Å². The number of aliphatic carboxylic acids is 2. The van der Waals surface area contributed by atoms with Crippen LogP contribution in [0.3, 0.4) is 0 Å². The lowest BCUT2D eigenvalue weighted by Crippen LogP contribution is -2.59. The van der Waals surface area contributed by atoms with Gasteiger partial charge in [0.05, 0.1) is 12.7 Å². The summed E-state index contributed by atoms with van der Waals surface area (Å²) in [6, 6.07) is 2.68. The molecule has 188 valence electrons. The number of nitrogens with two attached hydrogens (primary N) is 1. The van der Waals surface area contributed by atoms with Crippen molar-refractivity contribution in [1.29, 1.82) is 0 Å². The Bertz CT molecular complexity index is 863. The number of carboxylic acids is 2. The zero-order valence-electron chi connectivity index (χ0n) is 18.5. The van der Waals surface area contributed by atoms with Crippen molar-refractivity contribution in [3.8, 4) is 0 Å². The lowest BCUT2D eigenvalue weighted by Gasteiger charge is -2.24. The average molecular weight is 482 g/mol. The molecule has 0 fully saturated rings. The molecule has 0 radical (unpaired) electrons. The Morgan fingerprint density at radius 3 is 1.91 bits per heavy atom. The first-order valence-electron chi connectivity index (χ1n) is 10.4. The molecule has 0 heterocycles. The van der Waals surface area contributed by atoms with Crippen molar-refractivity contribution < 1.29 is 44.4 Å². The van der Waals surface area contributed by atoms with E-state index in [0.717, 1.165) is 0 Å². The summed E-state index contributed by atoms with van der Waals surface area (Å²) in [7, 11) is 0. The first-order chi connectivity index (χ1) is 16.0. The molecule has 1 aromatic carbocycles. The van der Waals surface area contributed by atoms with Crippen molar-refractivity contribution in [3.05, 3.63) is 35.9 Å². The average Bonchev–Trinajstić information content (AvgIpc) is 2.78. The van der Waals surface area contributed by atoms with E-state index in [0.29, 0.717) is 5.56 Å². The molecule has 0 saturated heterocycles. The number of carboxylic acid groups (broad SMARTS) is 2. The summed E-state index contributed by atoms with van der Waals surface area (Å²) in [6.45, 7) is 0.346. The quantitative estimate of drug-likeness (QED) is 0.137. The van der Waals surface area contributed by atoms with Crippen molar-refractivity contribution in [2.24, 2.45) is 5.73 Å². The third-order valence-corrected chi connectivity index (χ3v) is 4.82. The fraction of sp³-hybridized carbons (Fsp3) is 0.476. The smallest absolute Gasteiger partial charge is 0.326 e. The van der Waals surface area contributed by atoms with Gasteiger partial charge in [0.2, 0.25) is 17.7 Å². The van der Waals surface area contributed by atoms with Gasteiger partial charge in [0.1, 0.15) is 24.2 Å². The summed E-state index contributed by atoms with van der Waals surface area (Å²) >= 11 is 0. The van der Waals surface area contributed by atoms with E-state index in [2.05, 4.69) is 16.0 Å². The van der Waals surface area contributed by atoms with Gasteiger partial charge in [0.25, 0.3) is 0 Å². The normalized spacial score (nSPS) is 15.2. The molecule has 0 aromatic heterocycles. The molecule has 1 rings (SSSR count). The van der Waals surface area contributed by atoms with E-state index in [1.807, 2.05) is 0 Å². The minimum Gasteiger partial charge on any atom is -0.481 e. The highest BCUT2D eigenvalue weighted by atomic mass is 16.4. The van der Waals surface area contributed by atoms with Crippen molar-refractivity contribution in [2.75, 3.05) is 6.61 Å². The second-order valence-electron chi connectivity index (χ2n) is 7.59. The highest BCUT2D eigenvalue weighted by Gasteiger charge is 2.31. The lowest BCUT2D eigenvalue weighted by atomic mass is 10.1. The maximum atomic E-state index is 12.6. The third-order valence-electron chi connectivity index (χ3n) is 4.82. The summed E-state index contributed by atoms with van der Waals surface area (Å²) in [5.41, 5.74) is 6.15. The Morgan fingerprint density at radius 2 is 1.41 bits per heavy atom. The minimum atomic E-state index is -1.58. The van der Waals surface area contributed by atoms with Gasteiger partial charge in [-0.2, -0.15) is 0 Å². The third kappa shape index (κ3) is 9.52. The molecule has 0 bridgehead atoms. The number of hydrogen-bond donors (Lipinski definition) is 8. The number of amides is 3. The van der Waals surface area contributed by atoms with Gasteiger partial charge in [0, 0.05) is 12.8 Å². The van der Waals surface area contributed by atoms with Crippen LogP contribution in [0.1, 0.15) is 25.3 Å². The van der Waals surface area contributed by atoms with Crippen LogP contribution in [-0.4, -0.2) is 87.0 Å². The van der Waals surface area contributed by atoms with E-state index in [1.165, 1.54) is 6.92 Å². The number of aliphatic hydroxyl groups is 2. The number of benzene rings is 1. The summed E-state index contributed by atoms with van der Waals surface area (Å²) in [4.78, 5) is 59.8. The molecule has 5 unspecified atom stereocenters. The molecule has 0 aliphatic rings. The van der Waals surface area contributed by atoms with Gasteiger partial charge in [0.15, 0.2) is 0 Å². The molecular weight excluding hydrogens is 452 g/mol. The van der Waals surface area contributed by atoms with Crippen LogP contribution < -0.4 is 21.7 Å². The maximum absolute atomic E-state index is 12.6. The summed E-state index contributed by atoms with van der Waals surface area (Å²) in [6.07, 6.45) is -2.19. The Kier molecular flexibility index (Phi) is 11.6. The first-order valence-corrected chi connectivity index (χ1v) is 10.4. The van der Waals surface area contributed by atoms with Gasteiger partial charge in [-0.05, 0) is 18.9 Å². The number of rotatable bonds is 14. The number of carbonyl (C=O) groups is 5. The molecule has 0 aliphatic heterocycles. The molecule has 9 N–H and O–H groups in total. The highest BCUT2D eigenvalue weighted by Crippen LogP contribution is 2.05. The van der Waals surface area contributed by atoms with Crippen LogP contribution in [0.2, 0.25) is 0 Å². The van der Waals surface area contributed by atoms with Crippen LogP contribution in [0.25, 0.3) is 0 Å². The van der Waals surface area contributed by atoms with Gasteiger partial charge < -0.3 is 42.1 Å². The van der Waals surface area contributed by atoms with Crippen LogP contribution in [0.15, 0.2) is 30.3 Å². The molecule has 1 aromatic rings. The van der Waals surface area contributed by atoms with Gasteiger partial charge in [-0.1, -0.05) is 30.3 Å². The molecular formula is C21H30N4O9. The van der Waals surface area contributed by atoms with Crippen LogP contribution >= 0.6 is 0 Å². The van der Waals surface area contributed by atoms with Crippen molar-refractivity contribution >= 4 is 29.7 Å². The molecule has 3 amide bonds. The Hall–Kier alpha value is -3.55. The summed E-state index contributed by atoms with van der Waals surface area (Å²) < 4.78 is 0. The Morgan fingerprint density at radius 1 is 0.882 bits per heavy atom. The molecule has 0 aliphatic carbocycles. The molecule has 34 heavy (non-hydrogen) atoms. The van der Waals surface area contributed by atoms with Crippen molar-refractivity contribution in [3.63, 3.8) is 0 Å². The number of nitrogens with one attached hydrogen (secondary N) is 3. The molecule has 13 heteroatoms. The predicted octanol–water partition coefficient (Wildman–Crippen LogP) is -2.67. The second-order valence-corrected chi connectivity index (χ2v) is 7.59. The van der Waals surface area contributed by atoms with Gasteiger partial charge in [-0.25, -0.2) is 4.79 Å². The summed E-state index contributed by atoms with van der Waals surface area (Å²) in [5.74, 6) is -5.52. The van der Waals surface area contributed by atoms with Crippen LogP contribution in [0.4, 0.5) is 0 Å². The molecule has 0 saturated carbocycles. The number of aliphatic hydroxyl groups excluding tert-OH is 2. The van der Waals surface area contributed by atoms with E-state index in [9.17, 15) is 39.3 Å². The predicted molar refractivity (Wildman–Crippen MR) is 117 cm³/mol. The van der Waals surface area contributed by atoms with E-state index < -0.39 is 73.0 Å². The van der Waals surface area contributed by atoms with Crippen molar-refractivity contribution in [1.82, 2.24) is 16.0 Å². The fourth-order valence-electron chi connectivity index (χ4n) is 2.81. The van der Waals surface area contributed by atoms with Crippen molar-refractivity contribution in [2.45, 2.75) is 56.5 Å². The van der Waals surface area contributed by atoms with E-state index in [1.54, 1.807) is 30.3 Å². The van der Waals surface area contributed by atoms with E-state index in [4.69, 9.17) is 10.8 Å². The maximum Gasteiger partial charge on any atom is 0.326 e. The van der Waals surface area contributed by atoms with E-state index >= 15 is 0 Å². The van der Waals surface area contributed by atoms with E-state index in [-0.39, 0.29) is 12.8 Å². The number of carbonyl (C=O) groups excluding carboxylic acids is 3. The standard InChI is InChI=1S/C21H30N4O9/c1-11(27)17(22)20(32)23-13(7-8-16(28)29)18(30)25-15(10-26)19(31)24-14(21(33)34)9-12-5-3-2-4-6-12/h2-6,11,13-15,17,26-27H,7-10,22H2,1H3,(H,23,32)(H,24,31)(H,25,30)(H,28,29)(H,33,34). The largest absolute Gasteiger partial charge is 0.481 e. The molecule has 0 spiro atoms. The zero-order valence-corrected chi connectivity index (χ0v) is 18.5. The topological polar surface area (TPSA) is 228 Å². The minimum absolute atomic E-state index is 0.0530. The van der Waals surface area contributed by atoms with Gasteiger partial charge >= 0.3 is 11.9 Å². The fourth-order valence-corrected chi connectivity index (χ4v) is 2.81. The molecule has 13 nitrogen and oxygen atoms in total. The van der Waals surface area contributed by atoms with Crippen LogP contribution in [-0.2, 0) is 30.4 Å². The monoisotopic (exact) mass is 482 g/mol. The number of hydrogen-bond acceptors (Lipinski definition) is 8. The second kappa shape index (κ2) is 13.9. The Labute approximate surface area is 195 Å². The zero-order chi connectivity index (χ0) is 25.8. The van der Waals surface area contributed by atoms with Crippen LogP contribution in [0, 0.1) is 0 Å². The lowest BCUT2D eigenvalue weighted by molar-refractivity contribution is -0.142. The van der Waals surface area contributed by atoms with Gasteiger partial charge in [-0.15, -0.1) is 0 Å². The summed E-state index contributed by atoms with van der Waals surface area (Å²) in [5, 5.41) is 43.9. The SMILES string of the molecule is CC(O)C(N)C(=O)NC(CCC(=O)O)C(=O)NC(CO)C(=O)NC(Cc1ccccc1)C(=O)O. The Balaban J connectivity index is 2.89. The first kappa shape index (κ1) is 28.5. The highest BCUT2D eigenvalue weighted by molar-refractivity contribution is 5.94. The van der Waals surface area contributed by atoms with Crippen LogP contribution in [0.5, 0.6) is 0 Å². The molecule has 5 atom stereocenters.